The van der Waals surface area contributed by atoms with Crippen molar-refractivity contribution in [3.05, 3.63) is 39.8 Å². The zero-order valence-electron chi connectivity index (χ0n) is 18.2. The van der Waals surface area contributed by atoms with Crippen LogP contribution in [0.4, 0.5) is 5.00 Å². The monoisotopic (exact) mass is 459 g/mol. The standard InChI is InChI=1S/C23H25NO7S/c1-4-28-23(27)19-15-7-5-12(2)9-18(15)32-21(19)24-20(25)13(3)31-22(26)14-6-8-16-17(10-14)30-11-29-16/h6,8,10,12-13H,4-5,7,9,11H2,1-3H3,(H,24,25). The first kappa shape index (κ1) is 22.1. The van der Waals surface area contributed by atoms with Gasteiger partial charge in [0.25, 0.3) is 5.91 Å². The third-order valence-corrected chi connectivity index (χ3v) is 6.66. The minimum absolute atomic E-state index is 0.0962. The SMILES string of the molecule is CCOC(=O)c1c(NC(=O)C(C)OC(=O)c2ccc3c(c2)OCO3)sc2c1CCC(C)C2. The molecule has 32 heavy (non-hydrogen) atoms. The first-order valence-electron chi connectivity index (χ1n) is 10.6. The molecule has 0 bridgehead atoms. The number of nitrogens with one attached hydrogen (secondary N) is 1. The fourth-order valence-electron chi connectivity index (χ4n) is 3.78. The summed E-state index contributed by atoms with van der Waals surface area (Å²) >= 11 is 1.39. The van der Waals surface area contributed by atoms with Gasteiger partial charge in [-0.25, -0.2) is 9.59 Å². The van der Waals surface area contributed by atoms with Crippen LogP contribution in [-0.4, -0.2) is 37.3 Å². The van der Waals surface area contributed by atoms with E-state index in [1.807, 2.05) is 0 Å². The average Bonchev–Trinajstić information content (AvgIpc) is 3.36. The summed E-state index contributed by atoms with van der Waals surface area (Å²) in [5.74, 6) is -0.0998. The van der Waals surface area contributed by atoms with Crippen LogP contribution in [0, 0.1) is 5.92 Å². The third-order valence-electron chi connectivity index (χ3n) is 5.49. The Morgan fingerprint density at radius 3 is 2.78 bits per heavy atom. The second-order valence-electron chi connectivity index (χ2n) is 7.88. The van der Waals surface area contributed by atoms with Gasteiger partial charge >= 0.3 is 11.9 Å². The van der Waals surface area contributed by atoms with Crippen molar-refractivity contribution >= 4 is 34.2 Å². The maximum Gasteiger partial charge on any atom is 0.341 e. The lowest BCUT2D eigenvalue weighted by Gasteiger charge is -2.18. The lowest BCUT2D eigenvalue weighted by Crippen LogP contribution is -2.30. The second-order valence-corrected chi connectivity index (χ2v) is 8.99. The van der Waals surface area contributed by atoms with Crippen LogP contribution in [-0.2, 0) is 27.1 Å². The molecule has 8 nitrogen and oxygen atoms in total. The fraction of sp³-hybridized carbons (Fsp3) is 0.435. The molecule has 4 rings (SSSR count). The normalized spacial score (nSPS) is 17.3. The summed E-state index contributed by atoms with van der Waals surface area (Å²) in [5.41, 5.74) is 1.62. The van der Waals surface area contributed by atoms with Gasteiger partial charge in [-0.1, -0.05) is 6.92 Å². The van der Waals surface area contributed by atoms with Crippen molar-refractivity contribution in [1.29, 1.82) is 0 Å². The van der Waals surface area contributed by atoms with Gasteiger partial charge in [0, 0.05) is 4.88 Å². The Morgan fingerprint density at radius 1 is 1.22 bits per heavy atom. The first-order valence-corrected chi connectivity index (χ1v) is 11.4. The van der Waals surface area contributed by atoms with E-state index in [-0.39, 0.29) is 19.0 Å². The fourth-order valence-corrected chi connectivity index (χ4v) is 5.18. The van der Waals surface area contributed by atoms with Crippen molar-refractivity contribution < 1.29 is 33.3 Å². The molecule has 2 atom stereocenters. The maximum absolute atomic E-state index is 12.8. The van der Waals surface area contributed by atoms with Gasteiger partial charge in [-0.15, -0.1) is 11.3 Å². The molecule has 2 aromatic rings. The number of amides is 1. The van der Waals surface area contributed by atoms with Gasteiger partial charge in [0.15, 0.2) is 17.6 Å². The lowest BCUT2D eigenvalue weighted by atomic mass is 9.88. The largest absolute Gasteiger partial charge is 0.462 e. The number of esters is 2. The molecule has 0 spiro atoms. The maximum atomic E-state index is 12.8. The Hall–Kier alpha value is -3.07. The zero-order chi connectivity index (χ0) is 22.8. The molecule has 2 unspecified atom stereocenters. The molecule has 2 aliphatic rings. The van der Waals surface area contributed by atoms with E-state index in [1.165, 1.54) is 24.3 Å². The number of carbonyl (C=O) groups excluding carboxylic acids is 3. The molecule has 1 N–H and O–H groups in total. The zero-order valence-corrected chi connectivity index (χ0v) is 19.0. The molecule has 0 saturated heterocycles. The van der Waals surface area contributed by atoms with E-state index in [2.05, 4.69) is 12.2 Å². The molecular weight excluding hydrogens is 434 g/mol. The number of carbonyl (C=O) groups is 3. The Balaban J connectivity index is 1.48. The van der Waals surface area contributed by atoms with Crippen molar-refractivity contribution in [2.75, 3.05) is 18.7 Å². The van der Waals surface area contributed by atoms with Gasteiger partial charge in [0.1, 0.15) is 5.00 Å². The van der Waals surface area contributed by atoms with Crippen LogP contribution in [0.3, 0.4) is 0 Å². The Labute approximate surface area is 189 Å². The van der Waals surface area contributed by atoms with E-state index in [4.69, 9.17) is 18.9 Å². The topological polar surface area (TPSA) is 100 Å². The van der Waals surface area contributed by atoms with Gasteiger partial charge in [0.05, 0.1) is 17.7 Å². The molecule has 1 amide bonds. The molecule has 1 aromatic heterocycles. The summed E-state index contributed by atoms with van der Waals surface area (Å²) in [4.78, 5) is 39.0. The molecule has 0 fully saturated rings. The summed E-state index contributed by atoms with van der Waals surface area (Å²) in [5, 5.41) is 3.22. The summed E-state index contributed by atoms with van der Waals surface area (Å²) < 4.78 is 21.1. The highest BCUT2D eigenvalue weighted by molar-refractivity contribution is 7.17. The Bertz CT molecular complexity index is 1060. The van der Waals surface area contributed by atoms with E-state index in [9.17, 15) is 14.4 Å². The highest BCUT2D eigenvalue weighted by Crippen LogP contribution is 2.40. The summed E-state index contributed by atoms with van der Waals surface area (Å²) in [6.07, 6.45) is 1.54. The van der Waals surface area contributed by atoms with E-state index >= 15 is 0 Å². The predicted octanol–water partition coefficient (Wildman–Crippen LogP) is 3.96. The number of hydrogen-bond donors (Lipinski definition) is 1. The average molecular weight is 460 g/mol. The van der Waals surface area contributed by atoms with Crippen LogP contribution in [0.25, 0.3) is 0 Å². The molecule has 0 saturated carbocycles. The van der Waals surface area contributed by atoms with Crippen LogP contribution in [0.1, 0.15) is 58.3 Å². The van der Waals surface area contributed by atoms with Crippen LogP contribution >= 0.6 is 11.3 Å². The summed E-state index contributed by atoms with van der Waals surface area (Å²) in [7, 11) is 0. The van der Waals surface area contributed by atoms with Gasteiger partial charge in [-0.2, -0.15) is 0 Å². The second kappa shape index (κ2) is 9.20. The van der Waals surface area contributed by atoms with Crippen molar-refractivity contribution in [2.24, 2.45) is 5.92 Å². The molecule has 9 heteroatoms. The summed E-state index contributed by atoms with van der Waals surface area (Å²) in [6, 6.07) is 4.68. The molecule has 1 aliphatic carbocycles. The number of rotatable bonds is 6. The van der Waals surface area contributed by atoms with E-state index in [0.717, 1.165) is 29.7 Å². The number of ether oxygens (including phenoxy) is 4. The quantitative estimate of drug-likeness (QED) is 0.653. The summed E-state index contributed by atoms with van der Waals surface area (Å²) in [6.45, 7) is 5.74. The number of thiophene rings is 1. The third kappa shape index (κ3) is 4.43. The van der Waals surface area contributed by atoms with Crippen molar-refractivity contribution in [1.82, 2.24) is 0 Å². The van der Waals surface area contributed by atoms with Crippen LogP contribution in [0.2, 0.25) is 0 Å². The molecule has 170 valence electrons. The van der Waals surface area contributed by atoms with Gasteiger partial charge in [-0.05, 0) is 62.8 Å². The molecule has 0 radical (unpaired) electrons. The van der Waals surface area contributed by atoms with Gasteiger partial charge < -0.3 is 24.3 Å². The Kier molecular flexibility index (Phi) is 6.36. The lowest BCUT2D eigenvalue weighted by molar-refractivity contribution is -0.123. The highest BCUT2D eigenvalue weighted by Gasteiger charge is 2.30. The van der Waals surface area contributed by atoms with E-state index in [1.54, 1.807) is 19.1 Å². The van der Waals surface area contributed by atoms with Crippen LogP contribution in [0.5, 0.6) is 11.5 Å². The highest BCUT2D eigenvalue weighted by atomic mass is 32.1. The van der Waals surface area contributed by atoms with Gasteiger partial charge in [-0.3, -0.25) is 4.79 Å². The van der Waals surface area contributed by atoms with Crippen molar-refractivity contribution in [2.45, 2.75) is 46.1 Å². The smallest absolute Gasteiger partial charge is 0.341 e. The number of fused-ring (bicyclic) bond motifs is 2. The minimum Gasteiger partial charge on any atom is -0.462 e. The van der Waals surface area contributed by atoms with E-state index in [0.29, 0.717) is 28.0 Å². The molecular formula is C23H25NO7S. The first-order chi connectivity index (χ1) is 15.4. The van der Waals surface area contributed by atoms with Crippen molar-refractivity contribution in [3.63, 3.8) is 0 Å². The molecule has 1 aliphatic heterocycles. The van der Waals surface area contributed by atoms with Crippen molar-refractivity contribution in [3.8, 4) is 11.5 Å². The number of hydrogen-bond acceptors (Lipinski definition) is 8. The Morgan fingerprint density at radius 2 is 2.00 bits per heavy atom. The van der Waals surface area contributed by atoms with Gasteiger partial charge in [0.2, 0.25) is 6.79 Å². The predicted molar refractivity (Wildman–Crippen MR) is 118 cm³/mol. The number of benzene rings is 1. The van der Waals surface area contributed by atoms with Crippen LogP contribution in [0.15, 0.2) is 18.2 Å². The number of anilines is 1. The minimum atomic E-state index is -1.07. The molecule has 2 heterocycles. The molecule has 1 aromatic carbocycles. The van der Waals surface area contributed by atoms with E-state index < -0.39 is 23.9 Å². The van der Waals surface area contributed by atoms with Crippen LogP contribution < -0.4 is 14.8 Å².